The lowest BCUT2D eigenvalue weighted by Gasteiger charge is -2.20. The van der Waals surface area contributed by atoms with Crippen LogP contribution in [0, 0.1) is 11.3 Å². The second kappa shape index (κ2) is 6.25. The summed E-state index contributed by atoms with van der Waals surface area (Å²) >= 11 is 0. The van der Waals surface area contributed by atoms with Gasteiger partial charge in [-0.25, -0.2) is 9.59 Å². The van der Waals surface area contributed by atoms with Crippen molar-refractivity contribution in [1.29, 1.82) is 5.26 Å². The summed E-state index contributed by atoms with van der Waals surface area (Å²) in [6, 6.07) is 5.64. The van der Waals surface area contributed by atoms with Crippen molar-refractivity contribution in [3.63, 3.8) is 0 Å². The Morgan fingerprint density at radius 1 is 1.22 bits per heavy atom. The third kappa shape index (κ3) is 2.54. The zero-order valence-electron chi connectivity index (χ0n) is 15.8. The number of carbonyl (C=O) groups excluding carboxylic acids is 1. The highest BCUT2D eigenvalue weighted by Crippen LogP contribution is 2.33. The van der Waals surface area contributed by atoms with E-state index in [0.29, 0.717) is 11.2 Å². The Bertz CT molecular complexity index is 1170. The van der Waals surface area contributed by atoms with Crippen LogP contribution in [0.4, 0.5) is 11.4 Å². The first-order chi connectivity index (χ1) is 12.7. The van der Waals surface area contributed by atoms with Crippen LogP contribution in [-0.4, -0.2) is 40.9 Å². The first kappa shape index (κ1) is 18.1. The summed E-state index contributed by atoms with van der Waals surface area (Å²) in [6.07, 6.45) is 1.50. The molecule has 1 aromatic carbocycles. The van der Waals surface area contributed by atoms with Crippen molar-refractivity contribution in [2.24, 2.45) is 14.1 Å². The van der Waals surface area contributed by atoms with Crippen LogP contribution in [0.2, 0.25) is 0 Å². The minimum absolute atomic E-state index is 0.0519. The molecule has 3 aromatic rings. The summed E-state index contributed by atoms with van der Waals surface area (Å²) in [7, 11) is 8.33. The molecule has 0 saturated heterocycles. The monoisotopic (exact) mass is 368 g/mol. The zero-order chi connectivity index (χ0) is 20.0. The SMILES string of the molecule is COC(=O)c1c(N)c(C#N)cn1-c1cc2c(cc1N(C)C)n(C)c(=O)n2C. The van der Waals surface area contributed by atoms with Gasteiger partial charge in [-0.05, 0) is 12.1 Å². The van der Waals surface area contributed by atoms with Gasteiger partial charge in [-0.15, -0.1) is 0 Å². The molecular weight excluding hydrogens is 348 g/mol. The number of esters is 1. The summed E-state index contributed by atoms with van der Waals surface area (Å²) in [4.78, 5) is 26.5. The van der Waals surface area contributed by atoms with Crippen LogP contribution in [0.15, 0.2) is 23.1 Å². The van der Waals surface area contributed by atoms with Gasteiger partial charge in [0.2, 0.25) is 0 Å². The van der Waals surface area contributed by atoms with E-state index >= 15 is 0 Å². The average Bonchev–Trinajstić information content (AvgIpc) is 3.09. The van der Waals surface area contributed by atoms with E-state index in [1.807, 2.05) is 31.1 Å². The highest BCUT2D eigenvalue weighted by Gasteiger charge is 2.24. The zero-order valence-corrected chi connectivity index (χ0v) is 15.8. The van der Waals surface area contributed by atoms with Crippen molar-refractivity contribution in [2.75, 3.05) is 31.8 Å². The number of ether oxygens (including phenoxy) is 1. The molecule has 3 rings (SSSR count). The van der Waals surface area contributed by atoms with Crippen molar-refractivity contribution in [3.05, 3.63) is 40.1 Å². The number of imidazole rings is 1. The lowest BCUT2D eigenvalue weighted by atomic mass is 10.2. The van der Waals surface area contributed by atoms with Crippen LogP contribution >= 0.6 is 0 Å². The maximum atomic E-state index is 12.3. The smallest absolute Gasteiger partial charge is 0.357 e. The van der Waals surface area contributed by atoms with Gasteiger partial charge in [-0.1, -0.05) is 0 Å². The van der Waals surface area contributed by atoms with E-state index in [9.17, 15) is 14.9 Å². The molecule has 0 aliphatic heterocycles. The van der Waals surface area contributed by atoms with Crippen LogP contribution in [-0.2, 0) is 18.8 Å². The molecular formula is C18H20N6O3. The summed E-state index contributed by atoms with van der Waals surface area (Å²) in [6.45, 7) is 0. The molecule has 0 aliphatic carbocycles. The molecule has 0 atom stereocenters. The molecule has 0 amide bonds. The van der Waals surface area contributed by atoms with Crippen LogP contribution in [0.25, 0.3) is 16.7 Å². The van der Waals surface area contributed by atoms with Gasteiger partial charge in [0.05, 0.1) is 40.8 Å². The molecule has 0 saturated carbocycles. The Kier molecular flexibility index (Phi) is 4.19. The van der Waals surface area contributed by atoms with Crippen LogP contribution < -0.4 is 16.3 Å². The summed E-state index contributed by atoms with van der Waals surface area (Å²) in [5.41, 5.74) is 8.91. The fraction of sp³-hybridized carbons (Fsp3) is 0.278. The molecule has 0 spiro atoms. The Morgan fingerprint density at radius 3 is 2.33 bits per heavy atom. The minimum atomic E-state index is -0.652. The molecule has 2 N–H and O–H groups in total. The van der Waals surface area contributed by atoms with Crippen molar-refractivity contribution >= 4 is 28.4 Å². The van der Waals surface area contributed by atoms with E-state index in [4.69, 9.17) is 10.5 Å². The Hall–Kier alpha value is -3.67. The number of aryl methyl sites for hydroxylation is 2. The molecule has 140 valence electrons. The highest BCUT2D eigenvalue weighted by atomic mass is 16.5. The van der Waals surface area contributed by atoms with Crippen LogP contribution in [0.5, 0.6) is 0 Å². The first-order valence-electron chi connectivity index (χ1n) is 8.09. The number of nitriles is 1. The number of benzene rings is 1. The quantitative estimate of drug-likeness (QED) is 0.690. The molecule has 2 heterocycles. The number of rotatable bonds is 3. The maximum Gasteiger partial charge on any atom is 0.357 e. The van der Waals surface area contributed by atoms with E-state index in [1.165, 1.54) is 22.4 Å². The van der Waals surface area contributed by atoms with E-state index in [1.54, 1.807) is 24.7 Å². The fourth-order valence-electron chi connectivity index (χ4n) is 3.18. The molecule has 9 heteroatoms. The number of anilines is 2. The predicted octanol–water partition coefficient (Wildman–Crippen LogP) is 0.974. The number of nitrogens with zero attached hydrogens (tertiary/aromatic N) is 5. The molecule has 0 aliphatic rings. The summed E-state index contributed by atoms with van der Waals surface area (Å²) < 4.78 is 9.46. The standard InChI is InChI=1S/C18H20N6O3/c1-21(2)11-6-12-13(23(4)18(26)22(12)3)7-14(11)24-9-10(8-19)15(20)16(24)17(25)27-5/h6-7,9H,20H2,1-5H3. The van der Waals surface area contributed by atoms with Crippen LogP contribution in [0.3, 0.4) is 0 Å². The van der Waals surface area contributed by atoms with Crippen molar-refractivity contribution < 1.29 is 9.53 Å². The number of hydrogen-bond acceptors (Lipinski definition) is 6. The molecule has 27 heavy (non-hydrogen) atoms. The largest absolute Gasteiger partial charge is 0.464 e. The normalized spacial score (nSPS) is 10.8. The number of carbonyl (C=O) groups is 1. The van der Waals surface area contributed by atoms with Gasteiger partial charge in [0, 0.05) is 34.4 Å². The van der Waals surface area contributed by atoms with Crippen LogP contribution in [0.1, 0.15) is 16.1 Å². The number of aromatic nitrogens is 3. The Labute approximate surface area is 155 Å². The lowest BCUT2D eigenvalue weighted by molar-refractivity contribution is 0.0593. The molecule has 9 nitrogen and oxygen atoms in total. The lowest BCUT2D eigenvalue weighted by Crippen LogP contribution is -2.19. The van der Waals surface area contributed by atoms with E-state index in [-0.39, 0.29) is 22.6 Å². The Balaban J connectivity index is 2.46. The molecule has 2 aromatic heterocycles. The second-order valence-electron chi connectivity index (χ2n) is 6.40. The van der Waals surface area contributed by atoms with Crippen molar-refractivity contribution in [3.8, 4) is 11.8 Å². The van der Waals surface area contributed by atoms with Gasteiger partial charge in [0.25, 0.3) is 0 Å². The minimum Gasteiger partial charge on any atom is -0.464 e. The summed E-state index contributed by atoms with van der Waals surface area (Å²) in [5.74, 6) is -0.652. The third-order valence-corrected chi connectivity index (χ3v) is 4.65. The van der Waals surface area contributed by atoms with Gasteiger partial charge in [0.1, 0.15) is 6.07 Å². The van der Waals surface area contributed by atoms with E-state index in [2.05, 4.69) is 0 Å². The molecule has 0 radical (unpaired) electrons. The molecule has 0 fully saturated rings. The van der Waals surface area contributed by atoms with Crippen molar-refractivity contribution in [2.45, 2.75) is 0 Å². The Morgan fingerprint density at radius 2 is 1.81 bits per heavy atom. The van der Waals surface area contributed by atoms with Gasteiger partial charge >= 0.3 is 11.7 Å². The van der Waals surface area contributed by atoms with Gasteiger partial charge in [-0.3, -0.25) is 9.13 Å². The maximum absolute atomic E-state index is 12.3. The number of fused-ring (bicyclic) bond motifs is 1. The number of methoxy groups -OCH3 is 1. The predicted molar refractivity (Wildman–Crippen MR) is 102 cm³/mol. The van der Waals surface area contributed by atoms with E-state index in [0.717, 1.165) is 11.2 Å². The molecule has 0 unspecified atom stereocenters. The topological polar surface area (TPSA) is 111 Å². The first-order valence-corrected chi connectivity index (χ1v) is 8.09. The average molecular weight is 368 g/mol. The number of hydrogen-bond donors (Lipinski definition) is 1. The second-order valence-corrected chi connectivity index (χ2v) is 6.40. The number of nitrogens with two attached hydrogens (primary N) is 1. The van der Waals surface area contributed by atoms with Gasteiger partial charge in [-0.2, -0.15) is 5.26 Å². The van der Waals surface area contributed by atoms with Gasteiger partial charge < -0.3 is 19.9 Å². The van der Waals surface area contributed by atoms with Crippen molar-refractivity contribution in [1.82, 2.24) is 13.7 Å². The fourth-order valence-corrected chi connectivity index (χ4v) is 3.18. The summed E-state index contributed by atoms with van der Waals surface area (Å²) in [5, 5.41) is 9.34. The highest BCUT2D eigenvalue weighted by molar-refractivity contribution is 5.97. The third-order valence-electron chi connectivity index (χ3n) is 4.65. The molecule has 0 bridgehead atoms. The number of nitrogen functional groups attached to an aromatic ring is 1. The van der Waals surface area contributed by atoms with Gasteiger partial charge in [0.15, 0.2) is 5.69 Å². The van der Waals surface area contributed by atoms with E-state index < -0.39 is 5.97 Å².